The highest BCUT2D eigenvalue weighted by molar-refractivity contribution is 14.1. The van der Waals surface area contributed by atoms with Gasteiger partial charge in [0.1, 0.15) is 6.04 Å². The van der Waals surface area contributed by atoms with Crippen molar-refractivity contribution in [2.75, 3.05) is 31.5 Å². The number of piperazine rings is 1. The molecule has 1 aromatic rings. The Kier molecular flexibility index (Phi) is 5.32. The molecule has 2 rings (SSSR count). The van der Waals surface area contributed by atoms with Crippen molar-refractivity contribution in [2.24, 2.45) is 0 Å². The molecule has 1 atom stereocenters. The van der Waals surface area contributed by atoms with Gasteiger partial charge in [-0.3, -0.25) is 14.5 Å². The third kappa shape index (κ3) is 4.15. The number of carbonyl (C=O) groups is 2. The van der Waals surface area contributed by atoms with Crippen LogP contribution in [0.4, 0.5) is 5.69 Å². The van der Waals surface area contributed by atoms with E-state index < -0.39 is 12.0 Å². The van der Waals surface area contributed by atoms with E-state index in [-0.39, 0.29) is 12.5 Å². The van der Waals surface area contributed by atoms with Crippen LogP contribution in [-0.4, -0.2) is 54.1 Å². The first kappa shape index (κ1) is 15.2. The van der Waals surface area contributed by atoms with Gasteiger partial charge in [-0.05, 0) is 40.8 Å². The minimum atomic E-state index is -0.903. The molecule has 0 saturated carbocycles. The second-order valence-corrected chi connectivity index (χ2v) is 5.83. The number of carbonyl (C=O) groups excluding carboxylic acids is 1. The lowest BCUT2D eigenvalue weighted by molar-refractivity contribution is -0.144. The number of hydrogen-bond donors (Lipinski definition) is 3. The largest absolute Gasteiger partial charge is 0.480 e. The van der Waals surface area contributed by atoms with Crippen LogP contribution in [0.1, 0.15) is 0 Å². The van der Waals surface area contributed by atoms with Gasteiger partial charge in [0.2, 0.25) is 5.91 Å². The smallest absolute Gasteiger partial charge is 0.322 e. The van der Waals surface area contributed by atoms with Crippen molar-refractivity contribution < 1.29 is 14.7 Å². The first-order chi connectivity index (χ1) is 9.56. The Balaban J connectivity index is 1.94. The molecule has 0 bridgehead atoms. The maximum atomic E-state index is 12.0. The summed E-state index contributed by atoms with van der Waals surface area (Å²) in [5.74, 6) is -1.10. The average molecular weight is 389 g/mol. The summed E-state index contributed by atoms with van der Waals surface area (Å²) in [6.07, 6.45) is 0. The van der Waals surface area contributed by atoms with Crippen molar-refractivity contribution in [1.29, 1.82) is 0 Å². The predicted molar refractivity (Wildman–Crippen MR) is 83.7 cm³/mol. The monoisotopic (exact) mass is 389 g/mol. The second-order valence-electron chi connectivity index (χ2n) is 4.59. The SMILES string of the molecule is O=C(CN1CCNCC1C(=O)O)Nc1cccc(I)c1. The molecule has 1 aliphatic heterocycles. The number of rotatable bonds is 4. The molecule has 1 amide bonds. The molecule has 3 N–H and O–H groups in total. The molecule has 1 saturated heterocycles. The molecule has 0 aromatic heterocycles. The Hall–Kier alpha value is -1.19. The second kappa shape index (κ2) is 7.00. The first-order valence-electron chi connectivity index (χ1n) is 6.29. The van der Waals surface area contributed by atoms with Crippen LogP contribution >= 0.6 is 22.6 Å². The van der Waals surface area contributed by atoms with Gasteiger partial charge in [0, 0.05) is 28.9 Å². The van der Waals surface area contributed by atoms with Gasteiger partial charge in [0.25, 0.3) is 0 Å². The van der Waals surface area contributed by atoms with Crippen LogP contribution in [0, 0.1) is 3.57 Å². The van der Waals surface area contributed by atoms with E-state index in [0.717, 1.165) is 9.26 Å². The Morgan fingerprint density at radius 3 is 3.00 bits per heavy atom. The Morgan fingerprint density at radius 1 is 1.50 bits per heavy atom. The molecule has 1 fully saturated rings. The molecule has 108 valence electrons. The van der Waals surface area contributed by atoms with E-state index in [2.05, 4.69) is 33.2 Å². The summed E-state index contributed by atoms with van der Waals surface area (Å²) in [5, 5.41) is 14.9. The van der Waals surface area contributed by atoms with Crippen molar-refractivity contribution in [3.05, 3.63) is 27.8 Å². The van der Waals surface area contributed by atoms with E-state index in [1.807, 2.05) is 24.3 Å². The lowest BCUT2D eigenvalue weighted by Gasteiger charge is -2.32. The number of carboxylic acid groups (broad SMARTS) is 1. The Bertz CT molecular complexity index is 509. The normalized spacial score (nSPS) is 19.6. The zero-order chi connectivity index (χ0) is 14.5. The molecule has 7 heteroatoms. The summed E-state index contributed by atoms with van der Waals surface area (Å²) < 4.78 is 1.03. The van der Waals surface area contributed by atoms with E-state index in [1.54, 1.807) is 4.90 Å². The topological polar surface area (TPSA) is 81.7 Å². The van der Waals surface area contributed by atoms with E-state index in [9.17, 15) is 9.59 Å². The molecule has 6 nitrogen and oxygen atoms in total. The van der Waals surface area contributed by atoms with Crippen LogP contribution in [-0.2, 0) is 9.59 Å². The highest BCUT2D eigenvalue weighted by Gasteiger charge is 2.29. The maximum Gasteiger partial charge on any atom is 0.322 e. The van der Waals surface area contributed by atoms with Crippen LogP contribution in [0.3, 0.4) is 0 Å². The fourth-order valence-corrected chi connectivity index (χ4v) is 2.67. The van der Waals surface area contributed by atoms with Gasteiger partial charge in [0.15, 0.2) is 0 Å². The van der Waals surface area contributed by atoms with Gasteiger partial charge in [-0.25, -0.2) is 0 Å². The first-order valence-corrected chi connectivity index (χ1v) is 7.37. The van der Waals surface area contributed by atoms with Gasteiger partial charge in [-0.15, -0.1) is 0 Å². The van der Waals surface area contributed by atoms with Crippen molar-refractivity contribution in [3.63, 3.8) is 0 Å². The molecule has 0 radical (unpaired) electrons. The highest BCUT2D eigenvalue weighted by atomic mass is 127. The molecule has 0 spiro atoms. The summed E-state index contributed by atoms with van der Waals surface area (Å²) >= 11 is 2.17. The van der Waals surface area contributed by atoms with Gasteiger partial charge in [0.05, 0.1) is 6.54 Å². The number of amides is 1. The fourth-order valence-electron chi connectivity index (χ4n) is 2.13. The minimum absolute atomic E-state index is 0.0874. The Labute approximate surface area is 130 Å². The standard InChI is InChI=1S/C13H16IN3O3/c14-9-2-1-3-10(6-9)16-12(18)8-17-5-4-15-7-11(17)13(19)20/h1-3,6,11,15H,4-5,7-8H2,(H,16,18)(H,19,20). The molecule has 1 aliphatic rings. The number of carboxylic acids is 1. The van der Waals surface area contributed by atoms with Crippen LogP contribution in [0.25, 0.3) is 0 Å². The van der Waals surface area contributed by atoms with E-state index in [0.29, 0.717) is 19.6 Å². The van der Waals surface area contributed by atoms with Gasteiger partial charge in [-0.2, -0.15) is 0 Å². The summed E-state index contributed by atoms with van der Waals surface area (Å²) in [5.41, 5.74) is 0.726. The number of nitrogens with one attached hydrogen (secondary N) is 2. The number of benzene rings is 1. The molecule has 0 aliphatic carbocycles. The number of halogens is 1. The lowest BCUT2D eigenvalue weighted by Crippen LogP contribution is -2.56. The number of aliphatic carboxylic acids is 1. The van der Waals surface area contributed by atoms with Crippen LogP contribution in [0.2, 0.25) is 0 Å². The zero-order valence-electron chi connectivity index (χ0n) is 10.8. The van der Waals surface area contributed by atoms with Crippen LogP contribution in [0.15, 0.2) is 24.3 Å². The van der Waals surface area contributed by atoms with Crippen LogP contribution in [0.5, 0.6) is 0 Å². The van der Waals surface area contributed by atoms with E-state index in [4.69, 9.17) is 5.11 Å². The van der Waals surface area contributed by atoms with Crippen molar-refractivity contribution >= 4 is 40.2 Å². The maximum absolute atomic E-state index is 12.0. The van der Waals surface area contributed by atoms with Gasteiger partial charge >= 0.3 is 5.97 Å². The fraction of sp³-hybridized carbons (Fsp3) is 0.385. The number of hydrogen-bond acceptors (Lipinski definition) is 4. The molecule has 20 heavy (non-hydrogen) atoms. The molecular weight excluding hydrogens is 373 g/mol. The quantitative estimate of drug-likeness (QED) is 0.657. The highest BCUT2D eigenvalue weighted by Crippen LogP contribution is 2.12. The van der Waals surface area contributed by atoms with Crippen molar-refractivity contribution in [2.45, 2.75) is 6.04 Å². The third-order valence-corrected chi connectivity index (χ3v) is 3.77. The summed E-state index contributed by atoms with van der Waals surface area (Å²) in [6, 6.07) is 6.83. The Morgan fingerprint density at radius 2 is 2.30 bits per heavy atom. The van der Waals surface area contributed by atoms with Crippen molar-refractivity contribution in [3.8, 4) is 0 Å². The van der Waals surface area contributed by atoms with E-state index >= 15 is 0 Å². The minimum Gasteiger partial charge on any atom is -0.480 e. The summed E-state index contributed by atoms with van der Waals surface area (Å²) in [4.78, 5) is 24.8. The summed E-state index contributed by atoms with van der Waals surface area (Å²) in [7, 11) is 0. The molecule has 1 unspecified atom stereocenters. The molecule has 1 heterocycles. The lowest BCUT2D eigenvalue weighted by atomic mass is 10.2. The van der Waals surface area contributed by atoms with Gasteiger partial charge < -0.3 is 15.7 Å². The average Bonchev–Trinajstić information content (AvgIpc) is 2.38. The molecular formula is C13H16IN3O3. The van der Waals surface area contributed by atoms with E-state index in [1.165, 1.54) is 0 Å². The predicted octanol–water partition coefficient (Wildman–Crippen LogP) is 0.588. The van der Waals surface area contributed by atoms with Crippen LogP contribution < -0.4 is 10.6 Å². The number of anilines is 1. The molecule has 1 aromatic carbocycles. The zero-order valence-corrected chi connectivity index (χ0v) is 13.0. The summed E-state index contributed by atoms with van der Waals surface area (Å²) in [6.45, 7) is 1.70. The number of nitrogens with zero attached hydrogens (tertiary/aromatic N) is 1. The van der Waals surface area contributed by atoms with Gasteiger partial charge in [-0.1, -0.05) is 6.07 Å². The third-order valence-electron chi connectivity index (χ3n) is 3.09. The van der Waals surface area contributed by atoms with Crippen molar-refractivity contribution in [1.82, 2.24) is 10.2 Å².